The van der Waals surface area contributed by atoms with Crippen LogP contribution in [-0.2, 0) is 21.1 Å². The smallest absolute Gasteiger partial charge is 0.222 e. The second-order valence-corrected chi connectivity index (χ2v) is 9.89. The lowest BCUT2D eigenvalue weighted by Crippen LogP contribution is -2.42. The Morgan fingerprint density at radius 2 is 1.71 bits per heavy atom. The van der Waals surface area contributed by atoms with Crippen LogP contribution in [0.2, 0.25) is 10.0 Å². The minimum Gasteiger partial charge on any atom is -0.343 e. The van der Waals surface area contributed by atoms with Gasteiger partial charge in [-0.25, -0.2) is 12.8 Å². The van der Waals surface area contributed by atoms with Crippen molar-refractivity contribution in [3.05, 3.63) is 63.9 Å². The predicted octanol–water partition coefficient (Wildman–Crippen LogP) is 4.53. The maximum absolute atomic E-state index is 13.0. The highest BCUT2D eigenvalue weighted by atomic mass is 35.5. The van der Waals surface area contributed by atoms with Crippen molar-refractivity contribution >= 4 is 38.9 Å². The second kappa shape index (κ2) is 8.80. The van der Waals surface area contributed by atoms with Crippen molar-refractivity contribution in [2.75, 3.05) is 13.1 Å². The van der Waals surface area contributed by atoms with Gasteiger partial charge >= 0.3 is 0 Å². The van der Waals surface area contributed by atoms with E-state index in [4.69, 9.17) is 23.2 Å². The lowest BCUT2D eigenvalue weighted by Gasteiger charge is -2.32. The molecule has 1 heterocycles. The summed E-state index contributed by atoms with van der Waals surface area (Å²) in [4.78, 5) is 14.3. The molecular formula is C20H20Cl2FNO3S. The Balaban J connectivity index is 1.55. The molecule has 0 N–H and O–H groups in total. The standard InChI is InChI=1S/C20H20Cl2FNO3S/c21-15-3-1-14(19(22)13-15)2-8-20(25)24-11-9-18(10-12-24)28(26,27)17-6-4-16(23)5-7-17/h1,3-7,13,18H,2,8-12H2. The molecule has 4 nitrogen and oxygen atoms in total. The number of amides is 1. The number of nitrogens with zero attached hydrogens (tertiary/aromatic N) is 1. The topological polar surface area (TPSA) is 54.5 Å². The zero-order chi connectivity index (χ0) is 20.3. The minimum atomic E-state index is -3.53. The zero-order valence-electron chi connectivity index (χ0n) is 15.1. The number of hydrogen-bond donors (Lipinski definition) is 0. The Bertz CT molecular complexity index is 956. The van der Waals surface area contributed by atoms with E-state index < -0.39 is 20.9 Å². The van der Waals surface area contributed by atoms with Crippen molar-refractivity contribution in [2.45, 2.75) is 35.8 Å². The van der Waals surface area contributed by atoms with Crippen LogP contribution in [0, 0.1) is 5.82 Å². The van der Waals surface area contributed by atoms with Gasteiger partial charge in [-0.3, -0.25) is 4.79 Å². The summed E-state index contributed by atoms with van der Waals surface area (Å²) in [5.41, 5.74) is 0.855. The first-order valence-corrected chi connectivity index (χ1v) is 11.3. The van der Waals surface area contributed by atoms with Gasteiger partial charge in [0.05, 0.1) is 10.1 Å². The van der Waals surface area contributed by atoms with E-state index in [1.807, 2.05) is 0 Å². The molecule has 0 saturated carbocycles. The number of aryl methyl sites for hydroxylation is 1. The number of benzene rings is 2. The molecule has 0 aliphatic carbocycles. The third-order valence-corrected chi connectivity index (χ3v) is 7.86. The van der Waals surface area contributed by atoms with E-state index in [1.165, 1.54) is 12.1 Å². The molecule has 0 aromatic heterocycles. The van der Waals surface area contributed by atoms with Gasteiger partial charge in [0, 0.05) is 29.6 Å². The molecule has 28 heavy (non-hydrogen) atoms. The molecule has 1 amide bonds. The van der Waals surface area contributed by atoms with Crippen LogP contribution in [0.15, 0.2) is 47.4 Å². The monoisotopic (exact) mass is 443 g/mol. The zero-order valence-corrected chi connectivity index (χ0v) is 17.4. The summed E-state index contributed by atoms with van der Waals surface area (Å²) in [7, 11) is -3.53. The number of halogens is 3. The second-order valence-electron chi connectivity index (χ2n) is 6.81. The number of hydrogen-bond acceptors (Lipinski definition) is 3. The number of piperidine rings is 1. The maximum atomic E-state index is 13.0. The van der Waals surface area contributed by atoms with Gasteiger partial charge in [-0.1, -0.05) is 29.3 Å². The van der Waals surface area contributed by atoms with Crippen molar-refractivity contribution in [1.82, 2.24) is 4.90 Å². The van der Waals surface area contributed by atoms with Gasteiger partial charge in [-0.15, -0.1) is 0 Å². The first-order valence-electron chi connectivity index (χ1n) is 8.98. The highest BCUT2D eigenvalue weighted by molar-refractivity contribution is 7.92. The molecule has 0 radical (unpaired) electrons. The molecule has 150 valence electrons. The molecule has 0 spiro atoms. The predicted molar refractivity (Wildman–Crippen MR) is 108 cm³/mol. The molecule has 1 fully saturated rings. The Labute approximate surface area is 174 Å². The summed E-state index contributed by atoms with van der Waals surface area (Å²) in [5.74, 6) is -0.496. The van der Waals surface area contributed by atoms with Crippen molar-refractivity contribution in [3.63, 3.8) is 0 Å². The molecule has 0 bridgehead atoms. The van der Waals surface area contributed by atoms with Crippen molar-refractivity contribution < 1.29 is 17.6 Å². The Hall–Kier alpha value is -1.63. The van der Waals surface area contributed by atoms with Crippen LogP contribution in [0.3, 0.4) is 0 Å². The number of carbonyl (C=O) groups excluding carboxylic acids is 1. The van der Waals surface area contributed by atoms with Crippen LogP contribution in [0.4, 0.5) is 4.39 Å². The summed E-state index contributed by atoms with van der Waals surface area (Å²) in [6, 6.07) is 10.1. The molecule has 1 saturated heterocycles. The average molecular weight is 444 g/mol. The third kappa shape index (κ3) is 4.85. The lowest BCUT2D eigenvalue weighted by atomic mass is 10.1. The summed E-state index contributed by atoms with van der Waals surface area (Å²) in [6.07, 6.45) is 1.54. The lowest BCUT2D eigenvalue weighted by molar-refractivity contribution is -0.132. The van der Waals surface area contributed by atoms with Gasteiger partial charge in [-0.05, 0) is 61.2 Å². The molecule has 8 heteroatoms. The Kier molecular flexibility index (Phi) is 6.63. The van der Waals surface area contributed by atoms with Gasteiger partial charge in [0.2, 0.25) is 5.91 Å². The highest BCUT2D eigenvalue weighted by Crippen LogP contribution is 2.26. The molecule has 1 aliphatic heterocycles. The first-order chi connectivity index (χ1) is 13.3. The SMILES string of the molecule is O=C(CCc1ccc(Cl)cc1Cl)N1CCC(S(=O)(=O)c2ccc(F)cc2)CC1. The average Bonchev–Trinajstić information content (AvgIpc) is 2.67. The van der Waals surface area contributed by atoms with Crippen molar-refractivity contribution in [1.29, 1.82) is 0 Å². The van der Waals surface area contributed by atoms with E-state index in [9.17, 15) is 17.6 Å². The third-order valence-electron chi connectivity index (χ3n) is 5.00. The van der Waals surface area contributed by atoms with E-state index >= 15 is 0 Å². The number of carbonyl (C=O) groups is 1. The van der Waals surface area contributed by atoms with Crippen molar-refractivity contribution in [2.24, 2.45) is 0 Å². The first kappa shape index (κ1) is 21.1. The van der Waals surface area contributed by atoms with Gasteiger partial charge in [0.15, 0.2) is 9.84 Å². The van der Waals surface area contributed by atoms with Gasteiger partial charge in [0.1, 0.15) is 5.82 Å². The molecule has 3 rings (SSSR count). The summed E-state index contributed by atoms with van der Waals surface area (Å²) < 4.78 is 38.4. The van der Waals surface area contributed by atoms with Crippen LogP contribution in [0.25, 0.3) is 0 Å². The highest BCUT2D eigenvalue weighted by Gasteiger charge is 2.32. The Morgan fingerprint density at radius 3 is 2.32 bits per heavy atom. The Morgan fingerprint density at radius 1 is 1.07 bits per heavy atom. The number of likely N-dealkylation sites (tertiary alicyclic amines) is 1. The van der Waals surface area contributed by atoms with Crippen LogP contribution < -0.4 is 0 Å². The molecular weight excluding hydrogens is 424 g/mol. The van der Waals surface area contributed by atoms with Gasteiger partial charge in [-0.2, -0.15) is 0 Å². The maximum Gasteiger partial charge on any atom is 0.222 e. The fourth-order valence-corrected chi connectivity index (χ4v) is 5.59. The van der Waals surface area contributed by atoms with E-state index in [0.717, 1.165) is 17.7 Å². The van der Waals surface area contributed by atoms with Crippen LogP contribution in [0.5, 0.6) is 0 Å². The van der Waals surface area contributed by atoms with Crippen LogP contribution >= 0.6 is 23.2 Å². The van der Waals surface area contributed by atoms with Gasteiger partial charge in [0.25, 0.3) is 0 Å². The largest absolute Gasteiger partial charge is 0.343 e. The normalized spacial score (nSPS) is 15.6. The summed E-state index contributed by atoms with van der Waals surface area (Å²) in [6.45, 7) is 0.774. The summed E-state index contributed by atoms with van der Waals surface area (Å²) in [5, 5.41) is 0.515. The fraction of sp³-hybridized carbons (Fsp3) is 0.350. The number of rotatable bonds is 5. The van der Waals surface area contributed by atoms with Gasteiger partial charge < -0.3 is 4.90 Å². The van der Waals surface area contributed by atoms with E-state index in [1.54, 1.807) is 23.1 Å². The quantitative estimate of drug-likeness (QED) is 0.637. The summed E-state index contributed by atoms with van der Waals surface area (Å²) >= 11 is 12.0. The van der Waals surface area contributed by atoms with Crippen LogP contribution in [-0.4, -0.2) is 37.6 Å². The van der Waals surface area contributed by atoms with E-state index in [0.29, 0.717) is 48.8 Å². The molecule has 0 atom stereocenters. The molecule has 0 unspecified atom stereocenters. The molecule has 2 aromatic carbocycles. The minimum absolute atomic E-state index is 0.0244. The number of sulfone groups is 1. The van der Waals surface area contributed by atoms with E-state index in [2.05, 4.69) is 0 Å². The molecule has 1 aliphatic rings. The fourth-order valence-electron chi connectivity index (χ4n) is 3.36. The molecule has 2 aromatic rings. The van der Waals surface area contributed by atoms with Crippen molar-refractivity contribution in [3.8, 4) is 0 Å². The van der Waals surface area contributed by atoms with E-state index in [-0.39, 0.29) is 10.8 Å². The van der Waals surface area contributed by atoms with Crippen LogP contribution in [0.1, 0.15) is 24.8 Å².